The number of para-hydroxylation sites is 1. The zero-order valence-corrected chi connectivity index (χ0v) is 11.2. The molecule has 0 bridgehead atoms. The van der Waals surface area contributed by atoms with Crippen LogP contribution in [0.3, 0.4) is 0 Å². The number of rotatable bonds is 5. The number of carboxylic acid groups (broad SMARTS) is 1. The van der Waals surface area contributed by atoms with Crippen LogP contribution in [0.1, 0.15) is 12.8 Å². The lowest BCUT2D eigenvalue weighted by atomic mass is 10.1. The molecular formula is C14H13N5O2. The molecule has 7 nitrogen and oxygen atoms in total. The van der Waals surface area contributed by atoms with Crippen molar-refractivity contribution >= 4 is 16.9 Å². The maximum absolute atomic E-state index is 10.6. The smallest absolute Gasteiger partial charge is 0.303 e. The van der Waals surface area contributed by atoms with Crippen LogP contribution in [0.5, 0.6) is 0 Å². The van der Waals surface area contributed by atoms with Crippen molar-refractivity contribution in [3.63, 3.8) is 0 Å². The van der Waals surface area contributed by atoms with E-state index < -0.39 is 5.97 Å². The van der Waals surface area contributed by atoms with Gasteiger partial charge in [0.1, 0.15) is 0 Å². The molecule has 0 saturated heterocycles. The molecule has 0 aliphatic heterocycles. The molecule has 3 rings (SSSR count). The number of aromatic nitrogens is 5. The first-order valence-corrected chi connectivity index (χ1v) is 6.58. The first-order chi connectivity index (χ1) is 10.3. The van der Waals surface area contributed by atoms with E-state index >= 15 is 0 Å². The van der Waals surface area contributed by atoms with Crippen molar-refractivity contribution in [3.8, 4) is 11.4 Å². The quantitative estimate of drug-likeness (QED) is 0.766. The second-order valence-electron chi connectivity index (χ2n) is 4.60. The Balaban J connectivity index is 1.96. The molecule has 7 heteroatoms. The van der Waals surface area contributed by atoms with Gasteiger partial charge in [0.2, 0.25) is 0 Å². The number of nitrogens with zero attached hydrogens (tertiary/aromatic N) is 5. The van der Waals surface area contributed by atoms with Gasteiger partial charge in [-0.2, -0.15) is 0 Å². The number of aryl methyl sites for hydroxylation is 1. The van der Waals surface area contributed by atoms with Crippen LogP contribution in [0, 0.1) is 0 Å². The van der Waals surface area contributed by atoms with Crippen molar-refractivity contribution < 1.29 is 9.90 Å². The summed E-state index contributed by atoms with van der Waals surface area (Å²) in [6.45, 7) is 0.464. The molecule has 0 amide bonds. The fourth-order valence-corrected chi connectivity index (χ4v) is 2.22. The summed E-state index contributed by atoms with van der Waals surface area (Å²) in [7, 11) is 0. The van der Waals surface area contributed by atoms with E-state index in [-0.39, 0.29) is 6.42 Å². The molecule has 3 aromatic rings. The average molecular weight is 283 g/mol. The summed E-state index contributed by atoms with van der Waals surface area (Å²) >= 11 is 0. The summed E-state index contributed by atoms with van der Waals surface area (Å²) < 4.78 is 1.63. The number of fused-ring (bicyclic) bond motifs is 1. The van der Waals surface area contributed by atoms with Gasteiger partial charge in [0.05, 0.1) is 5.52 Å². The number of aliphatic carboxylic acids is 1. The Morgan fingerprint density at radius 2 is 2.10 bits per heavy atom. The van der Waals surface area contributed by atoms with Gasteiger partial charge in [-0.1, -0.05) is 18.2 Å². The molecule has 0 aliphatic carbocycles. The van der Waals surface area contributed by atoms with Gasteiger partial charge in [-0.25, -0.2) is 4.68 Å². The lowest BCUT2D eigenvalue weighted by Crippen LogP contribution is -2.05. The van der Waals surface area contributed by atoms with Crippen LogP contribution in [0.25, 0.3) is 22.3 Å². The average Bonchev–Trinajstić information content (AvgIpc) is 2.94. The van der Waals surface area contributed by atoms with Gasteiger partial charge in [-0.15, -0.1) is 5.10 Å². The highest BCUT2D eigenvalue weighted by molar-refractivity contribution is 5.92. The van der Waals surface area contributed by atoms with Crippen molar-refractivity contribution in [2.75, 3.05) is 0 Å². The van der Waals surface area contributed by atoms with Gasteiger partial charge in [0.15, 0.2) is 5.82 Å². The molecule has 0 aliphatic rings. The van der Waals surface area contributed by atoms with Crippen LogP contribution < -0.4 is 0 Å². The van der Waals surface area contributed by atoms with E-state index in [4.69, 9.17) is 5.11 Å². The molecule has 0 saturated carbocycles. The minimum Gasteiger partial charge on any atom is -0.481 e. The van der Waals surface area contributed by atoms with Crippen molar-refractivity contribution in [1.82, 2.24) is 25.2 Å². The van der Waals surface area contributed by atoms with Crippen molar-refractivity contribution in [2.24, 2.45) is 0 Å². The molecule has 1 N–H and O–H groups in total. The molecule has 1 aromatic carbocycles. The summed E-state index contributed by atoms with van der Waals surface area (Å²) in [6, 6.07) is 9.62. The van der Waals surface area contributed by atoms with Crippen molar-refractivity contribution in [2.45, 2.75) is 19.4 Å². The Labute approximate surface area is 120 Å². The second-order valence-corrected chi connectivity index (χ2v) is 4.60. The molecule has 2 heterocycles. The van der Waals surface area contributed by atoms with E-state index in [1.54, 1.807) is 10.9 Å². The number of tetrazole rings is 1. The normalized spacial score (nSPS) is 10.9. The molecule has 0 fully saturated rings. The second kappa shape index (κ2) is 5.66. The monoisotopic (exact) mass is 283 g/mol. The predicted octanol–water partition coefficient (Wildman–Crippen LogP) is 1.75. The van der Waals surface area contributed by atoms with Gasteiger partial charge in [-0.3, -0.25) is 9.78 Å². The van der Waals surface area contributed by atoms with Gasteiger partial charge >= 0.3 is 5.97 Å². The molecule has 0 spiro atoms. The van der Waals surface area contributed by atoms with Gasteiger partial charge in [-0.05, 0) is 29.0 Å². The number of carboxylic acids is 1. The van der Waals surface area contributed by atoms with Crippen LogP contribution in [-0.2, 0) is 11.3 Å². The maximum Gasteiger partial charge on any atom is 0.303 e. The standard InChI is InChI=1S/C14H13N5O2/c20-13(21)6-3-9-19-14(16-17-18-19)11-7-8-15-12-5-2-1-4-10(11)12/h1-2,4-5,7-8H,3,6,9H2,(H,20,21). The minimum absolute atomic E-state index is 0.0936. The van der Waals surface area contributed by atoms with E-state index in [0.29, 0.717) is 18.8 Å². The number of pyridine rings is 1. The Morgan fingerprint density at radius 1 is 1.24 bits per heavy atom. The summed E-state index contributed by atoms with van der Waals surface area (Å²) in [5.41, 5.74) is 1.76. The summed E-state index contributed by atoms with van der Waals surface area (Å²) in [4.78, 5) is 14.9. The number of hydrogen-bond donors (Lipinski definition) is 1. The topological polar surface area (TPSA) is 93.8 Å². The van der Waals surface area contributed by atoms with E-state index in [1.165, 1.54) is 0 Å². The van der Waals surface area contributed by atoms with E-state index in [1.807, 2.05) is 30.3 Å². The van der Waals surface area contributed by atoms with Crippen LogP contribution in [0.2, 0.25) is 0 Å². The first-order valence-electron chi connectivity index (χ1n) is 6.58. The Morgan fingerprint density at radius 3 is 2.95 bits per heavy atom. The van der Waals surface area contributed by atoms with Gasteiger partial charge in [0, 0.05) is 30.1 Å². The van der Waals surface area contributed by atoms with Crippen LogP contribution in [0.4, 0.5) is 0 Å². The number of benzene rings is 1. The molecular weight excluding hydrogens is 270 g/mol. The van der Waals surface area contributed by atoms with E-state index in [0.717, 1.165) is 16.5 Å². The minimum atomic E-state index is -0.820. The van der Waals surface area contributed by atoms with Gasteiger partial charge in [0.25, 0.3) is 0 Å². The van der Waals surface area contributed by atoms with Crippen molar-refractivity contribution in [1.29, 1.82) is 0 Å². The highest BCUT2D eigenvalue weighted by Crippen LogP contribution is 2.25. The highest BCUT2D eigenvalue weighted by atomic mass is 16.4. The first kappa shape index (κ1) is 13.2. The molecule has 0 unspecified atom stereocenters. The summed E-state index contributed by atoms with van der Waals surface area (Å²) in [5.74, 6) is -0.196. The Hall–Kier alpha value is -2.83. The third-order valence-corrected chi connectivity index (χ3v) is 3.18. The van der Waals surface area contributed by atoms with E-state index in [9.17, 15) is 4.79 Å². The molecule has 0 atom stereocenters. The Bertz CT molecular complexity index is 778. The van der Waals surface area contributed by atoms with E-state index in [2.05, 4.69) is 20.5 Å². The lowest BCUT2D eigenvalue weighted by Gasteiger charge is -2.06. The SMILES string of the molecule is O=C(O)CCCn1nnnc1-c1ccnc2ccccc12. The third-order valence-electron chi connectivity index (χ3n) is 3.18. The molecule has 0 radical (unpaired) electrons. The fraction of sp³-hybridized carbons (Fsp3) is 0.214. The summed E-state index contributed by atoms with van der Waals surface area (Å²) in [6.07, 6.45) is 2.29. The Kier molecular flexibility index (Phi) is 3.55. The van der Waals surface area contributed by atoms with Crippen LogP contribution in [-0.4, -0.2) is 36.3 Å². The zero-order chi connectivity index (χ0) is 14.7. The lowest BCUT2D eigenvalue weighted by molar-refractivity contribution is -0.137. The number of hydrogen-bond acceptors (Lipinski definition) is 5. The fourth-order valence-electron chi connectivity index (χ4n) is 2.22. The molecule has 2 aromatic heterocycles. The third kappa shape index (κ3) is 2.71. The van der Waals surface area contributed by atoms with Crippen molar-refractivity contribution in [3.05, 3.63) is 36.5 Å². The van der Waals surface area contributed by atoms with Gasteiger partial charge < -0.3 is 5.11 Å². The summed E-state index contributed by atoms with van der Waals surface area (Å²) in [5, 5.41) is 21.4. The highest BCUT2D eigenvalue weighted by Gasteiger charge is 2.12. The predicted molar refractivity (Wildman–Crippen MR) is 75.4 cm³/mol. The van der Waals surface area contributed by atoms with Crippen LogP contribution >= 0.6 is 0 Å². The maximum atomic E-state index is 10.6. The molecule has 21 heavy (non-hydrogen) atoms. The molecule has 106 valence electrons. The van der Waals surface area contributed by atoms with Crippen LogP contribution in [0.15, 0.2) is 36.5 Å². The number of carbonyl (C=O) groups is 1. The zero-order valence-electron chi connectivity index (χ0n) is 11.2. The largest absolute Gasteiger partial charge is 0.481 e.